The van der Waals surface area contributed by atoms with Gasteiger partial charge in [-0.1, -0.05) is 37.3 Å². The van der Waals surface area contributed by atoms with Crippen molar-refractivity contribution in [2.24, 2.45) is 0 Å². The molecule has 5 nitrogen and oxygen atoms in total. The number of hydrogen-bond acceptors (Lipinski definition) is 3. The van der Waals surface area contributed by atoms with Gasteiger partial charge < -0.3 is 10.3 Å². The zero-order valence-corrected chi connectivity index (χ0v) is 14.3. The summed E-state index contributed by atoms with van der Waals surface area (Å²) < 4.78 is 0. The van der Waals surface area contributed by atoms with Gasteiger partial charge in [-0.2, -0.15) is 0 Å². The van der Waals surface area contributed by atoms with Crippen LogP contribution in [0.15, 0.2) is 61.1 Å². The molecule has 0 saturated heterocycles. The first-order valence-electron chi connectivity index (χ1n) is 8.55. The van der Waals surface area contributed by atoms with Gasteiger partial charge in [0, 0.05) is 18.8 Å². The van der Waals surface area contributed by atoms with Crippen molar-refractivity contribution in [2.45, 2.75) is 32.2 Å². The van der Waals surface area contributed by atoms with E-state index >= 15 is 0 Å². The maximum atomic E-state index is 12.3. The molecule has 25 heavy (non-hydrogen) atoms. The summed E-state index contributed by atoms with van der Waals surface area (Å²) in [5, 5.41) is 3.07. The number of amides is 1. The second-order valence-corrected chi connectivity index (χ2v) is 5.93. The Balaban J connectivity index is 1.60. The first-order valence-corrected chi connectivity index (χ1v) is 8.55. The smallest absolute Gasteiger partial charge is 0.220 e. The van der Waals surface area contributed by atoms with E-state index in [2.05, 4.69) is 20.3 Å². The van der Waals surface area contributed by atoms with E-state index in [4.69, 9.17) is 0 Å². The molecule has 1 aromatic carbocycles. The number of nitrogens with zero attached hydrogens (tertiary/aromatic N) is 2. The summed E-state index contributed by atoms with van der Waals surface area (Å²) in [7, 11) is 0. The van der Waals surface area contributed by atoms with Crippen molar-refractivity contribution in [1.29, 1.82) is 0 Å². The lowest BCUT2D eigenvalue weighted by molar-refractivity contribution is -0.121. The molecule has 0 aliphatic rings. The molecule has 2 aromatic heterocycles. The van der Waals surface area contributed by atoms with Gasteiger partial charge in [0.15, 0.2) is 0 Å². The Labute approximate surface area is 147 Å². The molecule has 0 fully saturated rings. The van der Waals surface area contributed by atoms with E-state index < -0.39 is 0 Å². The Bertz CT molecular complexity index is 799. The minimum Gasteiger partial charge on any atom is -0.346 e. The van der Waals surface area contributed by atoms with Crippen LogP contribution in [0.3, 0.4) is 0 Å². The topological polar surface area (TPSA) is 70.7 Å². The largest absolute Gasteiger partial charge is 0.346 e. The van der Waals surface area contributed by atoms with Gasteiger partial charge in [0.05, 0.1) is 17.9 Å². The number of imidazole rings is 1. The number of aromatic amines is 1. The summed E-state index contributed by atoms with van der Waals surface area (Å²) in [5.41, 5.74) is 3.16. The van der Waals surface area contributed by atoms with Crippen molar-refractivity contribution in [3.8, 4) is 11.3 Å². The summed E-state index contributed by atoms with van der Waals surface area (Å²) in [6.45, 7) is 2.04. The summed E-state index contributed by atoms with van der Waals surface area (Å²) in [4.78, 5) is 24.0. The van der Waals surface area contributed by atoms with Crippen molar-refractivity contribution in [3.63, 3.8) is 0 Å². The van der Waals surface area contributed by atoms with Gasteiger partial charge in [0.25, 0.3) is 0 Å². The van der Waals surface area contributed by atoms with E-state index in [0.29, 0.717) is 12.8 Å². The quantitative estimate of drug-likeness (QED) is 0.692. The van der Waals surface area contributed by atoms with E-state index in [-0.39, 0.29) is 11.9 Å². The average molecular weight is 334 g/mol. The second-order valence-electron chi connectivity index (χ2n) is 5.93. The molecule has 2 heterocycles. The Morgan fingerprint density at radius 1 is 1.16 bits per heavy atom. The number of carbonyl (C=O) groups excluding carboxylic acids is 1. The summed E-state index contributed by atoms with van der Waals surface area (Å²) in [6.07, 6.45) is 7.25. The summed E-state index contributed by atoms with van der Waals surface area (Å²) >= 11 is 0. The molecule has 3 aromatic rings. The third-order valence-electron chi connectivity index (χ3n) is 4.14. The fourth-order valence-electron chi connectivity index (χ4n) is 2.72. The maximum Gasteiger partial charge on any atom is 0.220 e. The van der Waals surface area contributed by atoms with Crippen LogP contribution >= 0.6 is 0 Å². The molecule has 3 rings (SSSR count). The Hall–Kier alpha value is -2.95. The Kier molecular flexibility index (Phi) is 5.57. The van der Waals surface area contributed by atoms with E-state index in [1.165, 1.54) is 0 Å². The van der Waals surface area contributed by atoms with Crippen LogP contribution in [0.5, 0.6) is 0 Å². The molecule has 5 heteroatoms. The highest BCUT2D eigenvalue weighted by Gasteiger charge is 2.16. The normalized spacial score (nSPS) is 11.9. The number of carbonyl (C=O) groups is 1. The van der Waals surface area contributed by atoms with Crippen LogP contribution in [0.4, 0.5) is 0 Å². The van der Waals surface area contributed by atoms with Crippen molar-refractivity contribution in [3.05, 3.63) is 72.4 Å². The third kappa shape index (κ3) is 4.53. The Morgan fingerprint density at radius 3 is 2.64 bits per heavy atom. The molecule has 0 spiro atoms. The van der Waals surface area contributed by atoms with Gasteiger partial charge >= 0.3 is 0 Å². The van der Waals surface area contributed by atoms with Crippen LogP contribution in [0.2, 0.25) is 0 Å². The second kappa shape index (κ2) is 8.24. The average Bonchev–Trinajstić information content (AvgIpc) is 3.16. The minimum atomic E-state index is -0.109. The molecule has 0 aliphatic carbocycles. The number of pyridine rings is 1. The van der Waals surface area contributed by atoms with E-state index in [1.54, 1.807) is 12.4 Å². The lowest BCUT2D eigenvalue weighted by atomic mass is 10.1. The van der Waals surface area contributed by atoms with Crippen molar-refractivity contribution < 1.29 is 4.79 Å². The standard InChI is InChI=1S/C20H22N4O/c1-2-17(23-19(25)9-8-15-10-12-21-13-11-15)20-22-14-18(24-20)16-6-4-3-5-7-16/h3-7,10-14,17H,2,8-9H2,1H3,(H,22,24)(H,23,25)/t17-/m1/s1. The number of H-pyrrole nitrogens is 1. The number of aromatic nitrogens is 3. The van der Waals surface area contributed by atoms with Gasteiger partial charge in [-0.25, -0.2) is 4.98 Å². The number of benzene rings is 1. The lowest BCUT2D eigenvalue weighted by Crippen LogP contribution is -2.29. The Morgan fingerprint density at radius 2 is 1.92 bits per heavy atom. The first kappa shape index (κ1) is 16.9. The van der Waals surface area contributed by atoms with Crippen LogP contribution in [-0.2, 0) is 11.2 Å². The van der Waals surface area contributed by atoms with Crippen LogP contribution in [0.25, 0.3) is 11.3 Å². The molecule has 0 bridgehead atoms. The van der Waals surface area contributed by atoms with Crippen molar-refractivity contribution >= 4 is 5.91 Å². The molecule has 1 atom stereocenters. The lowest BCUT2D eigenvalue weighted by Gasteiger charge is -2.14. The number of aryl methyl sites for hydroxylation is 1. The highest BCUT2D eigenvalue weighted by Crippen LogP contribution is 2.20. The first-order chi connectivity index (χ1) is 12.3. The van der Waals surface area contributed by atoms with Gasteiger partial charge in [-0.05, 0) is 36.1 Å². The van der Waals surface area contributed by atoms with Crippen molar-refractivity contribution in [1.82, 2.24) is 20.3 Å². The van der Waals surface area contributed by atoms with Crippen LogP contribution in [-0.4, -0.2) is 20.9 Å². The van der Waals surface area contributed by atoms with Crippen LogP contribution < -0.4 is 5.32 Å². The van der Waals surface area contributed by atoms with Gasteiger partial charge in [0.1, 0.15) is 5.82 Å². The zero-order chi connectivity index (χ0) is 17.5. The highest BCUT2D eigenvalue weighted by atomic mass is 16.1. The summed E-state index contributed by atoms with van der Waals surface area (Å²) in [6, 6.07) is 13.8. The fourth-order valence-corrected chi connectivity index (χ4v) is 2.72. The molecular weight excluding hydrogens is 312 g/mol. The zero-order valence-electron chi connectivity index (χ0n) is 14.3. The number of rotatable bonds is 7. The monoisotopic (exact) mass is 334 g/mol. The summed E-state index contributed by atoms with van der Waals surface area (Å²) in [5.74, 6) is 0.819. The molecule has 128 valence electrons. The predicted molar refractivity (Wildman–Crippen MR) is 97.8 cm³/mol. The molecule has 2 N–H and O–H groups in total. The van der Waals surface area contributed by atoms with Gasteiger partial charge in [-0.3, -0.25) is 9.78 Å². The van der Waals surface area contributed by atoms with Gasteiger partial charge in [0.2, 0.25) is 5.91 Å². The minimum absolute atomic E-state index is 0.0290. The molecule has 1 amide bonds. The van der Waals surface area contributed by atoms with E-state index in [1.807, 2.05) is 55.6 Å². The molecule has 0 radical (unpaired) electrons. The van der Waals surface area contributed by atoms with E-state index in [9.17, 15) is 4.79 Å². The van der Waals surface area contributed by atoms with Crippen molar-refractivity contribution in [2.75, 3.05) is 0 Å². The molecular formula is C20H22N4O. The van der Waals surface area contributed by atoms with Crippen LogP contribution in [0, 0.1) is 0 Å². The molecule has 0 aliphatic heterocycles. The fraction of sp³-hybridized carbons (Fsp3) is 0.250. The number of hydrogen-bond donors (Lipinski definition) is 2. The third-order valence-corrected chi connectivity index (χ3v) is 4.14. The van der Waals surface area contributed by atoms with Crippen LogP contribution in [0.1, 0.15) is 37.2 Å². The molecule has 0 saturated carbocycles. The highest BCUT2D eigenvalue weighted by molar-refractivity contribution is 5.76. The van der Waals surface area contributed by atoms with E-state index in [0.717, 1.165) is 29.1 Å². The predicted octanol–water partition coefficient (Wildman–Crippen LogP) is 3.67. The SMILES string of the molecule is CC[C@@H](NC(=O)CCc1ccncc1)c1ncc(-c2ccccc2)[nH]1. The molecule has 0 unspecified atom stereocenters. The maximum absolute atomic E-state index is 12.3. The van der Waals surface area contributed by atoms with Gasteiger partial charge in [-0.15, -0.1) is 0 Å². The number of nitrogens with one attached hydrogen (secondary N) is 2.